The van der Waals surface area contributed by atoms with Gasteiger partial charge in [0.15, 0.2) is 11.8 Å². The van der Waals surface area contributed by atoms with Crippen molar-refractivity contribution in [3.8, 4) is 5.69 Å². The van der Waals surface area contributed by atoms with E-state index in [-0.39, 0.29) is 18.8 Å². The number of nitrogens with zero attached hydrogens (tertiary/aromatic N) is 4. The van der Waals surface area contributed by atoms with Gasteiger partial charge in [-0.3, -0.25) is 14.6 Å². The molecule has 5 rings (SSSR count). The van der Waals surface area contributed by atoms with Gasteiger partial charge in [0.2, 0.25) is 0 Å². The Morgan fingerprint density at radius 3 is 2.45 bits per heavy atom. The zero-order valence-electron chi connectivity index (χ0n) is 22.3. The van der Waals surface area contributed by atoms with E-state index < -0.39 is 30.6 Å². The van der Waals surface area contributed by atoms with Crippen LogP contribution in [0.3, 0.4) is 0 Å². The fraction of sp³-hybridized carbons (Fsp3) is 0.200. The average molecular weight is 627 g/mol. The lowest BCUT2D eigenvalue weighted by Crippen LogP contribution is -2.43. The normalized spacial score (nSPS) is 15.3. The SMILES string of the molecule is C[C@@H](NC(=O)c1nn(-c2ccc(Cl)cc2Cl)c2c1CN(C(=O)[C@@H](O)CO)C/C2=C\c1ccc(Cl)cc1)c1ccccn1. The van der Waals surface area contributed by atoms with E-state index >= 15 is 0 Å². The first kappa shape index (κ1) is 29.8. The Hall–Kier alpha value is -3.73. The molecule has 2 amide bonds. The highest BCUT2D eigenvalue weighted by atomic mass is 35.5. The lowest BCUT2D eigenvalue weighted by Gasteiger charge is -2.31. The minimum Gasteiger partial charge on any atom is -0.393 e. The van der Waals surface area contributed by atoms with Crippen LogP contribution in [-0.4, -0.2) is 60.9 Å². The number of aliphatic hydroxyl groups is 2. The zero-order valence-corrected chi connectivity index (χ0v) is 24.6. The van der Waals surface area contributed by atoms with Crippen molar-refractivity contribution in [3.63, 3.8) is 0 Å². The number of pyridine rings is 1. The molecule has 0 bridgehead atoms. The molecule has 2 aromatic carbocycles. The minimum absolute atomic E-state index is 0.0465. The molecule has 3 heterocycles. The largest absolute Gasteiger partial charge is 0.393 e. The fourth-order valence-corrected chi connectivity index (χ4v) is 5.37. The lowest BCUT2D eigenvalue weighted by molar-refractivity contribution is -0.142. The van der Waals surface area contributed by atoms with E-state index in [1.807, 2.05) is 24.3 Å². The summed E-state index contributed by atoms with van der Waals surface area (Å²) in [5.41, 5.74) is 3.60. The molecule has 216 valence electrons. The van der Waals surface area contributed by atoms with Crippen molar-refractivity contribution < 1.29 is 19.8 Å². The maximum Gasteiger partial charge on any atom is 0.272 e. The Kier molecular flexibility index (Phi) is 8.96. The number of nitrogens with one attached hydrogen (secondary N) is 1. The van der Waals surface area contributed by atoms with Gasteiger partial charge in [-0.1, -0.05) is 53.0 Å². The van der Waals surface area contributed by atoms with Crippen LogP contribution in [0.1, 0.15) is 46.0 Å². The molecule has 0 unspecified atom stereocenters. The number of fused-ring (bicyclic) bond motifs is 1. The molecule has 42 heavy (non-hydrogen) atoms. The number of hydrogen-bond acceptors (Lipinski definition) is 6. The van der Waals surface area contributed by atoms with Gasteiger partial charge in [-0.25, -0.2) is 4.68 Å². The number of rotatable bonds is 7. The van der Waals surface area contributed by atoms with Crippen LogP contribution in [0.2, 0.25) is 15.1 Å². The molecule has 0 aliphatic carbocycles. The van der Waals surface area contributed by atoms with Gasteiger partial charge >= 0.3 is 0 Å². The Bertz CT molecular complexity index is 1660. The van der Waals surface area contributed by atoms with Crippen LogP contribution < -0.4 is 5.32 Å². The number of carbonyl (C=O) groups is 2. The Balaban J connectivity index is 1.69. The third-order valence-electron chi connectivity index (χ3n) is 6.81. The van der Waals surface area contributed by atoms with E-state index in [0.717, 1.165) is 5.56 Å². The van der Waals surface area contributed by atoms with Crippen molar-refractivity contribution in [1.29, 1.82) is 0 Å². The van der Waals surface area contributed by atoms with Crippen LogP contribution >= 0.6 is 34.8 Å². The molecule has 0 saturated carbocycles. The highest BCUT2D eigenvalue weighted by Crippen LogP contribution is 2.36. The lowest BCUT2D eigenvalue weighted by atomic mass is 9.96. The molecule has 0 spiro atoms. The third-order valence-corrected chi connectivity index (χ3v) is 7.60. The van der Waals surface area contributed by atoms with Gasteiger partial charge in [-0.2, -0.15) is 5.10 Å². The van der Waals surface area contributed by atoms with Crippen molar-refractivity contribution in [2.75, 3.05) is 13.2 Å². The molecular weight excluding hydrogens is 601 g/mol. The van der Waals surface area contributed by atoms with Gasteiger partial charge in [-0.15, -0.1) is 0 Å². The highest BCUT2D eigenvalue weighted by Gasteiger charge is 2.35. The first-order chi connectivity index (χ1) is 20.2. The van der Waals surface area contributed by atoms with Gasteiger partial charge < -0.3 is 20.4 Å². The average Bonchev–Trinajstić information content (AvgIpc) is 3.37. The van der Waals surface area contributed by atoms with Crippen LogP contribution in [-0.2, 0) is 11.3 Å². The first-order valence-electron chi connectivity index (χ1n) is 13.0. The van der Waals surface area contributed by atoms with Gasteiger partial charge in [0.05, 0.1) is 41.3 Å². The van der Waals surface area contributed by atoms with Crippen molar-refractivity contribution >= 4 is 58.3 Å². The van der Waals surface area contributed by atoms with Crippen LogP contribution in [0.5, 0.6) is 0 Å². The molecule has 0 saturated heterocycles. The van der Waals surface area contributed by atoms with Crippen LogP contribution in [0.4, 0.5) is 0 Å². The number of halogens is 3. The Morgan fingerprint density at radius 2 is 1.79 bits per heavy atom. The van der Waals surface area contributed by atoms with Crippen LogP contribution in [0.25, 0.3) is 17.3 Å². The smallest absolute Gasteiger partial charge is 0.272 e. The summed E-state index contributed by atoms with van der Waals surface area (Å²) in [6.45, 7) is 1.08. The summed E-state index contributed by atoms with van der Waals surface area (Å²) in [7, 11) is 0. The second-order valence-electron chi connectivity index (χ2n) is 9.75. The van der Waals surface area contributed by atoms with Crippen molar-refractivity contribution in [2.45, 2.75) is 25.6 Å². The summed E-state index contributed by atoms with van der Waals surface area (Å²) in [6, 6.07) is 17.0. The predicted molar refractivity (Wildman–Crippen MR) is 162 cm³/mol. The molecule has 2 atom stereocenters. The van der Waals surface area contributed by atoms with E-state index in [4.69, 9.17) is 39.9 Å². The summed E-state index contributed by atoms with van der Waals surface area (Å²) in [5, 5.41) is 28.6. The third kappa shape index (κ3) is 6.21. The maximum atomic E-state index is 13.8. The van der Waals surface area contributed by atoms with Crippen molar-refractivity contribution in [2.24, 2.45) is 0 Å². The van der Waals surface area contributed by atoms with Gasteiger partial charge in [-0.05, 0) is 66.6 Å². The summed E-state index contributed by atoms with van der Waals surface area (Å²) >= 11 is 18.9. The van der Waals surface area contributed by atoms with E-state index in [0.29, 0.717) is 43.3 Å². The second-order valence-corrected chi connectivity index (χ2v) is 11.0. The maximum absolute atomic E-state index is 13.8. The molecule has 3 N–H and O–H groups in total. The van der Waals surface area contributed by atoms with Crippen molar-refractivity contribution in [3.05, 3.63) is 110 Å². The molecule has 2 aromatic heterocycles. The second kappa shape index (κ2) is 12.6. The quantitative estimate of drug-likeness (QED) is 0.267. The van der Waals surface area contributed by atoms with E-state index in [9.17, 15) is 19.8 Å². The number of benzene rings is 2. The molecular formula is C30H26Cl3N5O4. The topological polar surface area (TPSA) is 121 Å². The number of amides is 2. The summed E-state index contributed by atoms with van der Waals surface area (Å²) in [6.07, 6.45) is 1.87. The molecule has 9 nitrogen and oxygen atoms in total. The monoisotopic (exact) mass is 625 g/mol. The summed E-state index contributed by atoms with van der Waals surface area (Å²) < 4.78 is 1.57. The summed E-state index contributed by atoms with van der Waals surface area (Å²) in [4.78, 5) is 32.5. The minimum atomic E-state index is -1.62. The molecule has 1 aliphatic rings. The van der Waals surface area contributed by atoms with E-state index in [1.165, 1.54) is 4.90 Å². The Morgan fingerprint density at radius 1 is 1.05 bits per heavy atom. The van der Waals surface area contributed by atoms with Gasteiger partial charge in [0.1, 0.15) is 0 Å². The molecule has 4 aromatic rings. The van der Waals surface area contributed by atoms with Gasteiger partial charge in [0, 0.05) is 28.4 Å². The number of aromatic nitrogens is 3. The summed E-state index contributed by atoms with van der Waals surface area (Å²) in [5.74, 6) is -1.17. The first-order valence-corrected chi connectivity index (χ1v) is 14.1. The van der Waals surface area contributed by atoms with Crippen LogP contribution in [0.15, 0.2) is 66.9 Å². The van der Waals surface area contributed by atoms with Crippen molar-refractivity contribution in [1.82, 2.24) is 25.0 Å². The molecule has 0 radical (unpaired) electrons. The molecule has 0 fully saturated rings. The molecule has 12 heteroatoms. The van der Waals surface area contributed by atoms with E-state index in [1.54, 1.807) is 60.3 Å². The van der Waals surface area contributed by atoms with E-state index in [2.05, 4.69) is 10.3 Å². The zero-order chi connectivity index (χ0) is 30.0. The highest BCUT2D eigenvalue weighted by molar-refractivity contribution is 6.35. The standard InChI is InChI=1S/C30H26Cl3N5O4/c1-17(24-4-2-3-11-34-24)35-29(41)27-22-15-37(30(42)26(40)16-39)14-19(12-18-5-7-20(31)8-6-18)28(22)38(36-27)25-10-9-21(32)13-23(25)33/h2-13,17,26,39-40H,14-16H2,1H3,(H,35,41)/b19-12+/t17-,26+/m1/s1. The fourth-order valence-electron chi connectivity index (χ4n) is 4.76. The van der Waals surface area contributed by atoms with Gasteiger partial charge in [0.25, 0.3) is 11.8 Å². The Labute approximate surface area is 257 Å². The number of hydrogen-bond donors (Lipinski definition) is 3. The number of aliphatic hydroxyl groups excluding tert-OH is 2. The number of carbonyl (C=O) groups excluding carboxylic acids is 2. The molecule has 1 aliphatic heterocycles. The predicted octanol–water partition coefficient (Wildman–Crippen LogP) is 4.95. The van der Waals surface area contributed by atoms with Crippen LogP contribution in [0, 0.1) is 0 Å².